The maximum atomic E-state index is 5.88. The minimum atomic E-state index is -0.410. The van der Waals surface area contributed by atoms with Crippen molar-refractivity contribution in [2.75, 3.05) is 12.8 Å². The van der Waals surface area contributed by atoms with Crippen LogP contribution >= 0.6 is 0 Å². The second-order valence-corrected chi connectivity index (χ2v) is 4.05. The van der Waals surface area contributed by atoms with E-state index in [-0.39, 0.29) is 0 Å². The number of ether oxygens (including phenoxy) is 1. The lowest BCUT2D eigenvalue weighted by Crippen LogP contribution is -2.30. The minimum absolute atomic E-state index is 0.410. The molecule has 1 heterocycles. The van der Waals surface area contributed by atoms with Crippen LogP contribution in [0.25, 0.3) is 0 Å². The van der Waals surface area contributed by atoms with Crippen molar-refractivity contribution in [2.24, 2.45) is 0 Å². The molecule has 0 aliphatic carbocycles. The molecule has 0 atom stereocenters. The van der Waals surface area contributed by atoms with E-state index in [0.717, 1.165) is 24.1 Å². The van der Waals surface area contributed by atoms with Crippen molar-refractivity contribution in [3.63, 3.8) is 0 Å². The molecule has 0 fully saturated rings. The molecule has 1 rings (SSSR count). The third-order valence-corrected chi connectivity index (χ3v) is 3.37. The Morgan fingerprint density at radius 3 is 2.12 bits per heavy atom. The van der Waals surface area contributed by atoms with E-state index in [1.54, 1.807) is 7.11 Å². The van der Waals surface area contributed by atoms with Crippen LogP contribution in [0.1, 0.15) is 43.8 Å². The number of rotatable bonds is 4. The van der Waals surface area contributed by atoms with E-state index in [4.69, 9.17) is 10.5 Å². The third kappa shape index (κ3) is 2.02. The summed E-state index contributed by atoms with van der Waals surface area (Å²) in [6.07, 6.45) is 1.67. The van der Waals surface area contributed by atoms with Crippen LogP contribution in [0.5, 0.6) is 0 Å². The molecular formula is C12H21N3O. The summed E-state index contributed by atoms with van der Waals surface area (Å²) in [4.78, 5) is 8.86. The zero-order chi connectivity index (χ0) is 12.3. The molecule has 1 aromatic heterocycles. The van der Waals surface area contributed by atoms with Gasteiger partial charge in [0.2, 0.25) is 0 Å². The largest absolute Gasteiger partial charge is 0.383 e. The fourth-order valence-electron chi connectivity index (χ4n) is 1.80. The summed E-state index contributed by atoms with van der Waals surface area (Å²) in [5.74, 6) is 1.24. The Kier molecular flexibility index (Phi) is 3.86. The van der Waals surface area contributed by atoms with Gasteiger partial charge in [-0.2, -0.15) is 0 Å². The van der Waals surface area contributed by atoms with Gasteiger partial charge in [-0.15, -0.1) is 0 Å². The van der Waals surface area contributed by atoms with Crippen molar-refractivity contribution in [2.45, 2.75) is 46.1 Å². The second-order valence-electron chi connectivity index (χ2n) is 4.05. The van der Waals surface area contributed by atoms with Gasteiger partial charge in [0.25, 0.3) is 0 Å². The number of methoxy groups -OCH3 is 1. The topological polar surface area (TPSA) is 61.0 Å². The number of nitrogens with two attached hydrogens (primary N) is 1. The van der Waals surface area contributed by atoms with E-state index >= 15 is 0 Å². The van der Waals surface area contributed by atoms with Crippen molar-refractivity contribution in [3.05, 3.63) is 17.1 Å². The van der Waals surface area contributed by atoms with Crippen LogP contribution in [-0.4, -0.2) is 17.1 Å². The van der Waals surface area contributed by atoms with Crippen LogP contribution in [0.3, 0.4) is 0 Å². The first-order chi connectivity index (χ1) is 7.50. The highest BCUT2D eigenvalue weighted by molar-refractivity contribution is 5.41. The fraction of sp³-hybridized carbons (Fsp3) is 0.667. The highest BCUT2D eigenvalue weighted by atomic mass is 16.5. The quantitative estimate of drug-likeness (QED) is 0.851. The van der Waals surface area contributed by atoms with Crippen LogP contribution in [0.15, 0.2) is 0 Å². The van der Waals surface area contributed by atoms with Gasteiger partial charge in [-0.25, -0.2) is 9.97 Å². The number of hydrogen-bond acceptors (Lipinski definition) is 4. The van der Waals surface area contributed by atoms with Crippen molar-refractivity contribution in [1.82, 2.24) is 9.97 Å². The first-order valence-electron chi connectivity index (χ1n) is 5.67. The molecule has 4 heteroatoms. The van der Waals surface area contributed by atoms with Crippen LogP contribution in [0, 0.1) is 13.8 Å². The van der Waals surface area contributed by atoms with Gasteiger partial charge >= 0.3 is 0 Å². The molecule has 1 aromatic rings. The van der Waals surface area contributed by atoms with Gasteiger partial charge in [-0.1, -0.05) is 13.8 Å². The molecule has 0 aliphatic heterocycles. The molecule has 0 aromatic carbocycles. The highest BCUT2D eigenvalue weighted by Gasteiger charge is 2.32. The average molecular weight is 223 g/mol. The Bertz CT molecular complexity index is 341. The summed E-state index contributed by atoms with van der Waals surface area (Å²) in [6.45, 7) is 8.02. The molecule has 0 unspecified atom stereocenters. The average Bonchev–Trinajstić information content (AvgIpc) is 2.29. The van der Waals surface area contributed by atoms with Gasteiger partial charge in [0.05, 0.1) is 0 Å². The van der Waals surface area contributed by atoms with Crippen molar-refractivity contribution in [1.29, 1.82) is 0 Å². The molecule has 0 radical (unpaired) electrons. The van der Waals surface area contributed by atoms with Crippen LogP contribution < -0.4 is 5.73 Å². The molecule has 16 heavy (non-hydrogen) atoms. The number of nitrogens with zero attached hydrogens (tertiary/aromatic N) is 2. The van der Waals surface area contributed by atoms with Gasteiger partial charge in [0, 0.05) is 18.4 Å². The molecule has 0 spiro atoms. The van der Waals surface area contributed by atoms with Crippen LogP contribution in [0.4, 0.5) is 5.82 Å². The SMILES string of the molecule is CCC(CC)(OC)c1nc(C)c(C)c(N)n1. The summed E-state index contributed by atoms with van der Waals surface area (Å²) >= 11 is 0. The van der Waals surface area contributed by atoms with E-state index in [0.29, 0.717) is 11.6 Å². The number of aromatic nitrogens is 2. The predicted molar refractivity (Wildman–Crippen MR) is 65.2 cm³/mol. The minimum Gasteiger partial charge on any atom is -0.383 e. The highest BCUT2D eigenvalue weighted by Crippen LogP contribution is 2.30. The van der Waals surface area contributed by atoms with Gasteiger partial charge in [-0.3, -0.25) is 0 Å². The Morgan fingerprint density at radius 2 is 1.75 bits per heavy atom. The smallest absolute Gasteiger partial charge is 0.162 e. The fourth-order valence-corrected chi connectivity index (χ4v) is 1.80. The first-order valence-corrected chi connectivity index (χ1v) is 5.67. The number of hydrogen-bond donors (Lipinski definition) is 1. The summed E-state index contributed by atoms with van der Waals surface area (Å²) in [7, 11) is 1.70. The lowest BCUT2D eigenvalue weighted by atomic mass is 9.95. The Hall–Kier alpha value is -1.16. The molecule has 0 saturated heterocycles. The van der Waals surface area contributed by atoms with Gasteiger partial charge in [0.15, 0.2) is 5.82 Å². The third-order valence-electron chi connectivity index (χ3n) is 3.37. The van der Waals surface area contributed by atoms with Gasteiger partial charge in [-0.05, 0) is 26.7 Å². The predicted octanol–water partition coefficient (Wildman–Crippen LogP) is 2.34. The summed E-state index contributed by atoms with van der Waals surface area (Å²) in [6, 6.07) is 0. The zero-order valence-corrected chi connectivity index (χ0v) is 10.8. The maximum absolute atomic E-state index is 5.88. The van der Waals surface area contributed by atoms with Gasteiger partial charge < -0.3 is 10.5 Å². The lowest BCUT2D eigenvalue weighted by molar-refractivity contribution is -0.0291. The molecule has 0 aliphatic rings. The Morgan fingerprint density at radius 1 is 1.19 bits per heavy atom. The normalized spacial score (nSPS) is 11.8. The van der Waals surface area contributed by atoms with Crippen LogP contribution in [0.2, 0.25) is 0 Å². The lowest BCUT2D eigenvalue weighted by Gasteiger charge is -2.29. The zero-order valence-electron chi connectivity index (χ0n) is 10.8. The standard InChI is InChI=1S/C12H21N3O/c1-6-12(7-2,16-5)11-14-9(4)8(3)10(13)15-11/h6-7H2,1-5H3,(H2,13,14,15). The summed E-state index contributed by atoms with van der Waals surface area (Å²) in [5.41, 5.74) is 7.33. The summed E-state index contributed by atoms with van der Waals surface area (Å²) in [5, 5.41) is 0. The second kappa shape index (κ2) is 4.78. The maximum Gasteiger partial charge on any atom is 0.162 e. The van der Waals surface area contributed by atoms with Crippen molar-refractivity contribution >= 4 is 5.82 Å². The van der Waals surface area contributed by atoms with E-state index < -0.39 is 5.60 Å². The molecular weight excluding hydrogens is 202 g/mol. The molecule has 4 nitrogen and oxygen atoms in total. The van der Waals surface area contributed by atoms with E-state index in [1.165, 1.54) is 0 Å². The Labute approximate surface area is 97.2 Å². The van der Waals surface area contributed by atoms with Gasteiger partial charge in [0.1, 0.15) is 11.4 Å². The number of anilines is 1. The van der Waals surface area contributed by atoms with E-state index in [2.05, 4.69) is 23.8 Å². The molecule has 2 N–H and O–H groups in total. The van der Waals surface area contributed by atoms with E-state index in [9.17, 15) is 0 Å². The monoisotopic (exact) mass is 223 g/mol. The number of nitrogen functional groups attached to an aromatic ring is 1. The van der Waals surface area contributed by atoms with Crippen LogP contribution in [-0.2, 0) is 10.3 Å². The molecule has 90 valence electrons. The van der Waals surface area contributed by atoms with Crippen molar-refractivity contribution < 1.29 is 4.74 Å². The van der Waals surface area contributed by atoms with E-state index in [1.807, 2.05) is 13.8 Å². The molecule has 0 saturated carbocycles. The first kappa shape index (κ1) is 12.9. The number of aryl methyl sites for hydroxylation is 1. The van der Waals surface area contributed by atoms with Crippen molar-refractivity contribution in [3.8, 4) is 0 Å². The molecule has 0 bridgehead atoms. The summed E-state index contributed by atoms with van der Waals surface area (Å²) < 4.78 is 5.59. The molecule has 0 amide bonds. The Balaban J connectivity index is 3.31.